The molecule has 2 rings (SSSR count). The predicted octanol–water partition coefficient (Wildman–Crippen LogP) is 4.96. The Morgan fingerprint density at radius 2 is 2.00 bits per heavy atom. The zero-order valence-corrected chi connectivity index (χ0v) is 13.6. The minimum atomic E-state index is -0.180. The molecule has 2 aromatic rings. The number of rotatable bonds is 2. The molecule has 0 aromatic heterocycles. The first kappa shape index (κ1) is 13.8. The van der Waals surface area contributed by atoms with Gasteiger partial charge >= 0.3 is 0 Å². The van der Waals surface area contributed by atoms with Crippen molar-refractivity contribution in [3.8, 4) is 0 Å². The van der Waals surface area contributed by atoms with Crippen LogP contribution in [-0.4, -0.2) is 5.91 Å². The molecule has 1 N–H and O–H groups in total. The quantitative estimate of drug-likeness (QED) is 0.663. The van der Waals surface area contributed by atoms with Gasteiger partial charge in [0.1, 0.15) is 0 Å². The molecule has 0 heterocycles. The Balaban J connectivity index is 2.22. The van der Waals surface area contributed by atoms with Crippen LogP contribution < -0.4 is 5.32 Å². The summed E-state index contributed by atoms with van der Waals surface area (Å²) in [4.78, 5) is 12.0. The molecule has 0 atom stereocenters. The molecule has 92 valence electrons. The maximum Gasteiger partial charge on any atom is 0.255 e. The van der Waals surface area contributed by atoms with E-state index in [4.69, 9.17) is 11.6 Å². The highest BCUT2D eigenvalue weighted by Gasteiger charge is 2.08. The van der Waals surface area contributed by atoms with Crippen molar-refractivity contribution in [3.63, 3.8) is 0 Å². The van der Waals surface area contributed by atoms with Crippen LogP contribution in [-0.2, 0) is 0 Å². The molecule has 0 fully saturated rings. The minimum Gasteiger partial charge on any atom is -0.322 e. The van der Waals surface area contributed by atoms with Gasteiger partial charge in [0.25, 0.3) is 5.91 Å². The molecule has 2 aromatic carbocycles. The fourth-order valence-electron chi connectivity index (χ4n) is 1.45. The summed E-state index contributed by atoms with van der Waals surface area (Å²) < 4.78 is 1.85. The van der Waals surface area contributed by atoms with Crippen LogP contribution in [0, 0.1) is 3.57 Å². The van der Waals surface area contributed by atoms with Crippen molar-refractivity contribution in [3.05, 3.63) is 61.1 Å². The number of halogens is 3. The maximum absolute atomic E-state index is 12.0. The molecule has 0 aliphatic heterocycles. The third-order valence-electron chi connectivity index (χ3n) is 2.21. The van der Waals surface area contributed by atoms with E-state index in [2.05, 4.69) is 43.8 Å². The van der Waals surface area contributed by atoms with Gasteiger partial charge in [0.2, 0.25) is 0 Å². The zero-order chi connectivity index (χ0) is 13.1. The molecule has 2 nitrogen and oxygen atoms in total. The Kier molecular flexibility index (Phi) is 4.64. The number of carbonyl (C=O) groups is 1. The van der Waals surface area contributed by atoms with E-state index >= 15 is 0 Å². The molecule has 0 radical (unpaired) electrons. The van der Waals surface area contributed by atoms with Crippen molar-refractivity contribution in [2.75, 3.05) is 5.32 Å². The summed E-state index contributed by atoms with van der Waals surface area (Å²) in [5.41, 5.74) is 1.29. The van der Waals surface area contributed by atoms with E-state index in [0.29, 0.717) is 10.6 Å². The van der Waals surface area contributed by atoms with Crippen LogP contribution in [0.15, 0.2) is 46.9 Å². The van der Waals surface area contributed by atoms with Gasteiger partial charge in [-0.25, -0.2) is 0 Å². The first-order chi connectivity index (χ1) is 8.54. The first-order valence-electron chi connectivity index (χ1n) is 5.07. The topological polar surface area (TPSA) is 29.1 Å². The van der Waals surface area contributed by atoms with Crippen molar-refractivity contribution in [2.45, 2.75) is 0 Å². The Labute approximate surface area is 132 Å². The molecule has 0 saturated heterocycles. The SMILES string of the molecule is O=C(Nc1cccc(I)c1)c1cc(Cl)cc(Br)c1. The maximum atomic E-state index is 12.0. The number of hydrogen-bond acceptors (Lipinski definition) is 1. The van der Waals surface area contributed by atoms with Crippen molar-refractivity contribution >= 4 is 61.7 Å². The van der Waals surface area contributed by atoms with Gasteiger partial charge in [0, 0.05) is 24.3 Å². The summed E-state index contributed by atoms with van der Waals surface area (Å²) in [5, 5.41) is 3.36. The molecule has 0 aliphatic carbocycles. The van der Waals surface area contributed by atoms with Gasteiger partial charge in [-0.15, -0.1) is 0 Å². The number of benzene rings is 2. The van der Waals surface area contributed by atoms with Crippen LogP contribution in [0.25, 0.3) is 0 Å². The molecule has 18 heavy (non-hydrogen) atoms. The van der Waals surface area contributed by atoms with E-state index in [1.165, 1.54) is 0 Å². The Morgan fingerprint density at radius 1 is 1.22 bits per heavy atom. The summed E-state index contributed by atoms with van der Waals surface area (Å²) in [6.45, 7) is 0. The average Bonchev–Trinajstić information content (AvgIpc) is 2.27. The summed E-state index contributed by atoms with van der Waals surface area (Å²) in [6, 6.07) is 12.7. The third kappa shape index (κ3) is 3.70. The van der Waals surface area contributed by atoms with E-state index in [-0.39, 0.29) is 5.91 Å². The second kappa shape index (κ2) is 6.04. The number of anilines is 1. The highest BCUT2D eigenvalue weighted by atomic mass is 127. The first-order valence-corrected chi connectivity index (χ1v) is 7.32. The van der Waals surface area contributed by atoms with Crippen LogP contribution >= 0.6 is 50.1 Å². The Hall–Kier alpha value is -0.590. The Bertz CT molecular complexity index is 583. The van der Waals surface area contributed by atoms with E-state index in [1.807, 2.05) is 24.3 Å². The highest BCUT2D eigenvalue weighted by molar-refractivity contribution is 14.1. The fraction of sp³-hybridized carbons (Fsp3) is 0. The third-order valence-corrected chi connectivity index (χ3v) is 3.55. The van der Waals surface area contributed by atoms with Gasteiger partial charge in [-0.3, -0.25) is 4.79 Å². The summed E-state index contributed by atoms with van der Waals surface area (Å²) in [5.74, 6) is -0.180. The molecule has 0 bridgehead atoms. The lowest BCUT2D eigenvalue weighted by molar-refractivity contribution is 0.102. The zero-order valence-electron chi connectivity index (χ0n) is 9.08. The van der Waals surface area contributed by atoms with Crippen molar-refractivity contribution in [2.24, 2.45) is 0 Å². The van der Waals surface area contributed by atoms with E-state index in [9.17, 15) is 4.79 Å². The van der Waals surface area contributed by atoms with E-state index < -0.39 is 0 Å². The second-order valence-corrected chi connectivity index (χ2v) is 6.22. The monoisotopic (exact) mass is 435 g/mol. The molecule has 0 unspecified atom stereocenters. The highest BCUT2D eigenvalue weighted by Crippen LogP contribution is 2.21. The smallest absolute Gasteiger partial charge is 0.255 e. The normalized spacial score (nSPS) is 10.2. The molecule has 0 aliphatic rings. The number of hydrogen-bond donors (Lipinski definition) is 1. The molecular formula is C13H8BrClINO. The minimum absolute atomic E-state index is 0.180. The van der Waals surface area contributed by atoms with Gasteiger partial charge in [0.05, 0.1) is 0 Å². The lowest BCUT2D eigenvalue weighted by Gasteiger charge is -2.06. The van der Waals surface area contributed by atoms with Crippen LogP contribution in [0.5, 0.6) is 0 Å². The fourth-order valence-corrected chi connectivity index (χ4v) is 2.86. The molecule has 5 heteroatoms. The van der Waals surface area contributed by atoms with E-state index in [0.717, 1.165) is 13.7 Å². The predicted molar refractivity (Wildman–Crippen MR) is 86.3 cm³/mol. The van der Waals surface area contributed by atoms with Gasteiger partial charge in [-0.2, -0.15) is 0 Å². The van der Waals surface area contributed by atoms with Gasteiger partial charge < -0.3 is 5.32 Å². The number of nitrogens with one attached hydrogen (secondary N) is 1. The van der Waals surface area contributed by atoms with E-state index in [1.54, 1.807) is 18.2 Å². The number of carbonyl (C=O) groups excluding carboxylic acids is 1. The summed E-state index contributed by atoms with van der Waals surface area (Å²) >= 11 is 11.4. The molecule has 0 saturated carbocycles. The second-order valence-electron chi connectivity index (χ2n) is 3.62. The van der Waals surface area contributed by atoms with Crippen LogP contribution in [0.2, 0.25) is 5.02 Å². The largest absolute Gasteiger partial charge is 0.322 e. The standard InChI is InChI=1S/C13H8BrClINO/c14-9-4-8(5-10(15)6-9)13(18)17-12-3-1-2-11(16)7-12/h1-7H,(H,17,18). The van der Waals surface area contributed by atoms with Gasteiger partial charge in [-0.1, -0.05) is 33.6 Å². The van der Waals surface area contributed by atoms with Crippen molar-refractivity contribution in [1.29, 1.82) is 0 Å². The van der Waals surface area contributed by atoms with Crippen molar-refractivity contribution < 1.29 is 4.79 Å². The lowest BCUT2D eigenvalue weighted by atomic mass is 10.2. The number of amides is 1. The van der Waals surface area contributed by atoms with Crippen molar-refractivity contribution in [1.82, 2.24) is 0 Å². The van der Waals surface area contributed by atoms with Gasteiger partial charge in [-0.05, 0) is 59.0 Å². The summed E-state index contributed by atoms with van der Waals surface area (Å²) in [7, 11) is 0. The average molecular weight is 436 g/mol. The molecule has 1 amide bonds. The Morgan fingerprint density at radius 3 is 2.67 bits per heavy atom. The molecular weight excluding hydrogens is 428 g/mol. The molecule has 0 spiro atoms. The van der Waals surface area contributed by atoms with Crippen LogP contribution in [0.3, 0.4) is 0 Å². The van der Waals surface area contributed by atoms with Gasteiger partial charge in [0.15, 0.2) is 0 Å². The summed E-state index contributed by atoms with van der Waals surface area (Å²) in [6.07, 6.45) is 0. The van der Waals surface area contributed by atoms with Crippen LogP contribution in [0.4, 0.5) is 5.69 Å². The lowest BCUT2D eigenvalue weighted by Crippen LogP contribution is -2.11. The van der Waals surface area contributed by atoms with Crippen LogP contribution in [0.1, 0.15) is 10.4 Å².